The van der Waals surface area contributed by atoms with Crippen LogP contribution in [0.3, 0.4) is 0 Å². The summed E-state index contributed by atoms with van der Waals surface area (Å²) in [6.07, 6.45) is 0.686. The number of benzene rings is 1. The molecule has 1 aliphatic heterocycles. The van der Waals surface area contributed by atoms with Gasteiger partial charge < -0.3 is 14.6 Å². The van der Waals surface area contributed by atoms with Crippen molar-refractivity contribution in [2.24, 2.45) is 5.92 Å². The summed E-state index contributed by atoms with van der Waals surface area (Å²) in [5, 5.41) is 10.1. The van der Waals surface area contributed by atoms with Gasteiger partial charge in [0.15, 0.2) is 11.6 Å². The minimum absolute atomic E-state index is 0.00953. The Labute approximate surface area is 143 Å². The van der Waals surface area contributed by atoms with Crippen molar-refractivity contribution < 1.29 is 29.0 Å². The molecule has 128 valence electrons. The van der Waals surface area contributed by atoms with Crippen LogP contribution in [0.5, 0.6) is 5.75 Å². The first kappa shape index (κ1) is 15.0. The number of methoxy groups -OCH3 is 1. The zero-order chi connectivity index (χ0) is 17.5. The van der Waals surface area contributed by atoms with Gasteiger partial charge in [0.05, 0.1) is 11.5 Å². The van der Waals surface area contributed by atoms with E-state index in [2.05, 4.69) is 0 Å². The maximum Gasteiger partial charge on any atom is 0.196 e. The fraction of sp³-hybridized carbons (Fsp3) is 0.421. The summed E-state index contributed by atoms with van der Waals surface area (Å²) >= 11 is 0. The molecule has 0 amide bonds. The molecule has 6 nitrogen and oxygen atoms in total. The zero-order valence-corrected chi connectivity index (χ0v) is 13.6. The van der Waals surface area contributed by atoms with E-state index in [4.69, 9.17) is 9.47 Å². The number of carbonyl (C=O) groups is 3. The lowest BCUT2D eigenvalue weighted by molar-refractivity contribution is -0.125. The molecular weight excluding hydrogens is 324 g/mol. The average molecular weight is 340 g/mol. The van der Waals surface area contributed by atoms with Gasteiger partial charge in [-0.1, -0.05) is 12.1 Å². The fourth-order valence-electron chi connectivity index (χ4n) is 4.91. The van der Waals surface area contributed by atoms with Gasteiger partial charge in [0.1, 0.15) is 29.3 Å². The highest BCUT2D eigenvalue weighted by Crippen LogP contribution is 2.60. The van der Waals surface area contributed by atoms with Crippen LogP contribution in [0.15, 0.2) is 29.3 Å². The summed E-state index contributed by atoms with van der Waals surface area (Å²) in [5.41, 5.74) is -0.178. The minimum atomic E-state index is -0.709. The second kappa shape index (κ2) is 4.65. The molecule has 4 aliphatic rings. The molecule has 1 saturated heterocycles. The average Bonchev–Trinajstić information content (AvgIpc) is 3.30. The highest BCUT2D eigenvalue weighted by Gasteiger charge is 2.73. The van der Waals surface area contributed by atoms with Crippen molar-refractivity contribution in [3.05, 3.63) is 40.5 Å². The molecule has 0 radical (unpaired) electrons. The third-order valence-corrected chi connectivity index (χ3v) is 5.97. The van der Waals surface area contributed by atoms with Gasteiger partial charge in [-0.3, -0.25) is 14.4 Å². The van der Waals surface area contributed by atoms with Crippen LogP contribution in [-0.4, -0.2) is 47.4 Å². The fourth-order valence-corrected chi connectivity index (χ4v) is 4.91. The molecule has 1 aromatic carbocycles. The Kier molecular flexibility index (Phi) is 2.79. The van der Waals surface area contributed by atoms with E-state index in [1.54, 1.807) is 0 Å². The van der Waals surface area contributed by atoms with Crippen LogP contribution in [0.4, 0.5) is 0 Å². The zero-order valence-electron chi connectivity index (χ0n) is 13.6. The molecular formula is C19H16O6. The predicted octanol–water partition coefficient (Wildman–Crippen LogP) is 1.60. The number of carbonyl (C=O) groups excluding carboxylic acids is 3. The van der Waals surface area contributed by atoms with Crippen LogP contribution < -0.4 is 0 Å². The summed E-state index contributed by atoms with van der Waals surface area (Å²) in [5.74, 6) is -1.82. The molecule has 3 aliphatic carbocycles. The molecule has 1 spiro atoms. The van der Waals surface area contributed by atoms with Crippen molar-refractivity contribution in [2.45, 2.75) is 37.1 Å². The smallest absolute Gasteiger partial charge is 0.196 e. The number of ether oxygens (including phenoxy) is 2. The number of hydrogen-bond donors (Lipinski definition) is 1. The Morgan fingerprint density at radius 1 is 1.20 bits per heavy atom. The normalized spacial score (nSPS) is 35.7. The van der Waals surface area contributed by atoms with E-state index in [0.29, 0.717) is 19.3 Å². The molecule has 1 aromatic rings. The monoisotopic (exact) mass is 340 g/mol. The number of fused-ring (bicyclic) bond motifs is 2. The van der Waals surface area contributed by atoms with Crippen LogP contribution >= 0.6 is 0 Å². The molecule has 1 saturated carbocycles. The predicted molar refractivity (Wildman–Crippen MR) is 84.5 cm³/mol. The minimum Gasteiger partial charge on any atom is -0.507 e. The third kappa shape index (κ3) is 1.64. The van der Waals surface area contributed by atoms with Crippen molar-refractivity contribution in [1.82, 2.24) is 0 Å². The van der Waals surface area contributed by atoms with E-state index in [0.717, 1.165) is 0 Å². The van der Waals surface area contributed by atoms with E-state index < -0.39 is 29.5 Å². The Morgan fingerprint density at radius 2 is 2.00 bits per heavy atom. The van der Waals surface area contributed by atoms with Crippen LogP contribution in [0, 0.1) is 5.92 Å². The number of aromatic hydroxyl groups is 1. The van der Waals surface area contributed by atoms with E-state index in [1.165, 1.54) is 25.3 Å². The van der Waals surface area contributed by atoms with Crippen molar-refractivity contribution in [3.63, 3.8) is 0 Å². The molecule has 4 atom stereocenters. The second-order valence-electron chi connectivity index (χ2n) is 7.09. The lowest BCUT2D eigenvalue weighted by atomic mass is 9.62. The molecule has 1 heterocycles. The molecule has 0 aromatic heterocycles. The Morgan fingerprint density at radius 3 is 2.76 bits per heavy atom. The van der Waals surface area contributed by atoms with Gasteiger partial charge in [0.2, 0.25) is 0 Å². The summed E-state index contributed by atoms with van der Waals surface area (Å²) in [6.45, 7) is 0. The van der Waals surface area contributed by atoms with Crippen molar-refractivity contribution in [3.8, 4) is 5.75 Å². The molecule has 0 unspecified atom stereocenters. The first-order valence-electron chi connectivity index (χ1n) is 8.40. The number of Topliss-reactive ketones (excluding diaryl/α,β-unsaturated/α-hetero) is 3. The largest absolute Gasteiger partial charge is 0.507 e. The van der Waals surface area contributed by atoms with Crippen molar-refractivity contribution >= 4 is 17.3 Å². The SMILES string of the molecule is CO[C@H]1C2=C(C(=O)c3cccc(O)c3C2=O)[C@H]2C(=O)CCC[C@]23O[C@H]13. The first-order chi connectivity index (χ1) is 12.0. The lowest BCUT2D eigenvalue weighted by Gasteiger charge is -2.38. The molecule has 6 heteroatoms. The van der Waals surface area contributed by atoms with E-state index in [1.807, 2.05) is 0 Å². The van der Waals surface area contributed by atoms with E-state index in [-0.39, 0.29) is 39.6 Å². The Hall–Kier alpha value is -2.31. The van der Waals surface area contributed by atoms with Gasteiger partial charge in [-0.2, -0.15) is 0 Å². The standard InChI is InChI=1S/C19H16O6/c1-24-17-13-12(14-10(21)6-3-7-19(14)18(17)25-19)15(22)8-4-2-5-9(20)11(8)16(13)23/h2,4-5,14,17-18,20H,3,6-7H2,1H3/t14-,17+,18-,19+/m1/s1. The highest BCUT2D eigenvalue weighted by atomic mass is 16.6. The van der Waals surface area contributed by atoms with Crippen LogP contribution in [0.25, 0.3) is 0 Å². The number of hydrogen-bond acceptors (Lipinski definition) is 6. The Bertz CT molecular complexity index is 897. The van der Waals surface area contributed by atoms with E-state index >= 15 is 0 Å². The number of epoxide rings is 1. The highest BCUT2D eigenvalue weighted by molar-refractivity contribution is 6.30. The molecule has 0 bridgehead atoms. The van der Waals surface area contributed by atoms with Crippen molar-refractivity contribution in [1.29, 1.82) is 0 Å². The maximum absolute atomic E-state index is 13.2. The molecule has 1 N–H and O–H groups in total. The number of phenolic OH excluding ortho intramolecular Hbond substituents is 1. The first-order valence-corrected chi connectivity index (χ1v) is 8.40. The summed E-state index contributed by atoms with van der Waals surface area (Å²) in [6, 6.07) is 4.42. The molecule has 5 rings (SSSR count). The van der Waals surface area contributed by atoms with Gasteiger partial charge >= 0.3 is 0 Å². The second-order valence-corrected chi connectivity index (χ2v) is 7.09. The summed E-state index contributed by atoms with van der Waals surface area (Å²) in [7, 11) is 1.47. The number of ketones is 3. The maximum atomic E-state index is 13.2. The quantitative estimate of drug-likeness (QED) is 0.781. The number of phenols is 1. The third-order valence-electron chi connectivity index (χ3n) is 5.97. The topological polar surface area (TPSA) is 93.2 Å². The number of rotatable bonds is 1. The van der Waals surface area contributed by atoms with Crippen LogP contribution in [0.1, 0.15) is 40.0 Å². The van der Waals surface area contributed by atoms with Crippen LogP contribution in [-0.2, 0) is 14.3 Å². The van der Waals surface area contributed by atoms with Gasteiger partial charge in [0, 0.05) is 30.2 Å². The molecule has 25 heavy (non-hydrogen) atoms. The van der Waals surface area contributed by atoms with Gasteiger partial charge in [-0.05, 0) is 18.9 Å². The Balaban J connectivity index is 1.79. The van der Waals surface area contributed by atoms with Gasteiger partial charge in [-0.25, -0.2) is 0 Å². The summed E-state index contributed by atoms with van der Waals surface area (Å²) < 4.78 is 11.4. The van der Waals surface area contributed by atoms with Crippen molar-refractivity contribution in [2.75, 3.05) is 7.11 Å². The van der Waals surface area contributed by atoms with E-state index in [9.17, 15) is 19.5 Å². The van der Waals surface area contributed by atoms with Crippen LogP contribution in [0.2, 0.25) is 0 Å². The lowest BCUT2D eigenvalue weighted by Crippen LogP contribution is -2.50. The van der Waals surface area contributed by atoms with Gasteiger partial charge in [0.25, 0.3) is 0 Å². The molecule has 2 fully saturated rings. The van der Waals surface area contributed by atoms with Gasteiger partial charge in [-0.15, -0.1) is 0 Å². The summed E-state index contributed by atoms with van der Waals surface area (Å²) in [4.78, 5) is 39.0.